The van der Waals surface area contributed by atoms with Gasteiger partial charge in [-0.25, -0.2) is 9.97 Å². The minimum absolute atomic E-state index is 0.0459. The molecule has 24 heavy (non-hydrogen) atoms. The molecule has 1 saturated heterocycles. The Balaban J connectivity index is 1.79. The monoisotopic (exact) mass is 346 g/mol. The van der Waals surface area contributed by atoms with Gasteiger partial charge in [-0.15, -0.1) is 0 Å². The number of nitrogens with two attached hydrogens (primary N) is 1. The van der Waals surface area contributed by atoms with Gasteiger partial charge in [-0.05, 0) is 12.5 Å². The van der Waals surface area contributed by atoms with Gasteiger partial charge in [0.1, 0.15) is 11.5 Å². The molecular weight excluding hydrogens is 328 g/mol. The van der Waals surface area contributed by atoms with Crippen molar-refractivity contribution in [2.45, 2.75) is 12.5 Å². The lowest BCUT2D eigenvalue weighted by atomic mass is 10.2. The van der Waals surface area contributed by atoms with Crippen molar-refractivity contribution in [2.24, 2.45) is 5.73 Å². The molecule has 1 fully saturated rings. The third kappa shape index (κ3) is 3.32. The van der Waals surface area contributed by atoms with Crippen LogP contribution in [0.1, 0.15) is 16.9 Å². The molecule has 8 heteroatoms. The summed E-state index contributed by atoms with van der Waals surface area (Å²) in [5.41, 5.74) is 7.52. The summed E-state index contributed by atoms with van der Waals surface area (Å²) in [6, 6.07) is 1.83. The summed E-state index contributed by atoms with van der Waals surface area (Å²) in [6.45, 7) is 1.22. The van der Waals surface area contributed by atoms with E-state index in [0.717, 1.165) is 12.0 Å². The van der Waals surface area contributed by atoms with Crippen molar-refractivity contribution < 1.29 is 4.79 Å². The molecule has 126 valence electrons. The maximum absolute atomic E-state index is 12.3. The minimum atomic E-state index is -0.138. The number of anilines is 1. The highest BCUT2D eigenvalue weighted by molar-refractivity contribution is 6.33. The molecule has 2 aromatic heterocycles. The number of carbonyl (C=O) groups is 1. The zero-order valence-electron chi connectivity index (χ0n) is 13.6. The predicted molar refractivity (Wildman–Crippen MR) is 93.1 cm³/mol. The van der Waals surface area contributed by atoms with E-state index in [-0.39, 0.29) is 11.9 Å². The van der Waals surface area contributed by atoms with Crippen molar-refractivity contribution in [3.8, 4) is 11.3 Å². The van der Waals surface area contributed by atoms with Gasteiger partial charge in [0.2, 0.25) is 0 Å². The number of pyridine rings is 1. The van der Waals surface area contributed by atoms with E-state index in [1.54, 1.807) is 23.4 Å². The van der Waals surface area contributed by atoms with Crippen LogP contribution in [0.4, 0.5) is 5.82 Å². The van der Waals surface area contributed by atoms with Crippen molar-refractivity contribution in [3.05, 3.63) is 35.4 Å². The molecule has 1 aliphatic rings. The van der Waals surface area contributed by atoms with Crippen molar-refractivity contribution in [1.29, 1.82) is 0 Å². The van der Waals surface area contributed by atoms with E-state index in [2.05, 4.69) is 15.0 Å². The molecule has 1 atom stereocenters. The summed E-state index contributed by atoms with van der Waals surface area (Å²) in [5, 5.41) is 0.533. The van der Waals surface area contributed by atoms with Crippen LogP contribution in [0.3, 0.4) is 0 Å². The van der Waals surface area contributed by atoms with E-state index in [4.69, 9.17) is 17.3 Å². The Bertz CT molecular complexity index is 749. The van der Waals surface area contributed by atoms with Crippen LogP contribution in [-0.4, -0.2) is 59.0 Å². The third-order valence-electron chi connectivity index (χ3n) is 3.92. The first-order chi connectivity index (χ1) is 11.5. The van der Waals surface area contributed by atoms with Gasteiger partial charge in [0.05, 0.1) is 23.1 Å². The van der Waals surface area contributed by atoms with Crippen LogP contribution in [0.25, 0.3) is 11.3 Å². The number of carbonyl (C=O) groups excluding carboxylic acids is 1. The second-order valence-corrected chi connectivity index (χ2v) is 6.42. The van der Waals surface area contributed by atoms with Crippen LogP contribution < -0.4 is 10.6 Å². The summed E-state index contributed by atoms with van der Waals surface area (Å²) >= 11 is 6.23. The zero-order chi connectivity index (χ0) is 17.3. The van der Waals surface area contributed by atoms with Crippen LogP contribution in [0.15, 0.2) is 24.7 Å². The fourth-order valence-electron chi connectivity index (χ4n) is 2.62. The van der Waals surface area contributed by atoms with Crippen LogP contribution in [0, 0.1) is 0 Å². The van der Waals surface area contributed by atoms with Crippen molar-refractivity contribution >= 4 is 23.3 Å². The number of likely N-dealkylation sites (tertiary alicyclic amines) is 1. The SMILES string of the molecule is CN(C)c1ncc(-c2cnc(C(=O)N3CCC(N)C3)cn2)cc1Cl. The summed E-state index contributed by atoms with van der Waals surface area (Å²) in [7, 11) is 3.75. The van der Waals surface area contributed by atoms with Crippen molar-refractivity contribution in [1.82, 2.24) is 19.9 Å². The van der Waals surface area contributed by atoms with Gasteiger partial charge in [0, 0.05) is 45.0 Å². The Morgan fingerprint density at radius 1 is 1.29 bits per heavy atom. The van der Waals surface area contributed by atoms with Crippen LogP contribution in [0.2, 0.25) is 5.02 Å². The average molecular weight is 347 g/mol. The molecule has 1 unspecified atom stereocenters. The normalized spacial score (nSPS) is 17.2. The van der Waals surface area contributed by atoms with Gasteiger partial charge < -0.3 is 15.5 Å². The maximum Gasteiger partial charge on any atom is 0.274 e. The van der Waals surface area contributed by atoms with Gasteiger partial charge in [-0.1, -0.05) is 11.6 Å². The Kier molecular flexibility index (Phi) is 4.64. The molecule has 0 bridgehead atoms. The minimum Gasteiger partial charge on any atom is -0.362 e. The standard InChI is InChI=1S/C16H19ClN6O/c1-22(2)15-12(17)5-10(6-21-15)13-7-20-14(8-19-13)16(24)23-4-3-11(18)9-23/h5-8,11H,3-4,9,18H2,1-2H3. The average Bonchev–Trinajstić information content (AvgIpc) is 3.00. The smallest absolute Gasteiger partial charge is 0.274 e. The molecule has 3 rings (SSSR count). The van der Waals surface area contributed by atoms with E-state index in [1.807, 2.05) is 19.0 Å². The van der Waals surface area contributed by atoms with E-state index >= 15 is 0 Å². The van der Waals surface area contributed by atoms with Crippen LogP contribution in [-0.2, 0) is 0 Å². The van der Waals surface area contributed by atoms with Crippen LogP contribution >= 0.6 is 11.6 Å². The van der Waals surface area contributed by atoms with E-state index in [0.29, 0.717) is 35.3 Å². The Morgan fingerprint density at radius 3 is 2.62 bits per heavy atom. The van der Waals surface area contributed by atoms with E-state index in [9.17, 15) is 4.79 Å². The Labute approximate surface area is 145 Å². The lowest BCUT2D eigenvalue weighted by molar-refractivity contribution is 0.0784. The molecule has 1 aliphatic heterocycles. The molecule has 0 aromatic carbocycles. The molecule has 0 radical (unpaired) electrons. The summed E-state index contributed by atoms with van der Waals surface area (Å²) < 4.78 is 0. The quantitative estimate of drug-likeness (QED) is 0.904. The lowest BCUT2D eigenvalue weighted by Crippen LogP contribution is -2.32. The molecule has 7 nitrogen and oxygen atoms in total. The fourth-order valence-corrected chi connectivity index (χ4v) is 2.96. The predicted octanol–water partition coefficient (Wildman–Crippen LogP) is 1.43. The number of aromatic nitrogens is 3. The number of rotatable bonds is 3. The highest BCUT2D eigenvalue weighted by Crippen LogP contribution is 2.26. The van der Waals surface area contributed by atoms with Gasteiger partial charge in [-0.2, -0.15) is 0 Å². The van der Waals surface area contributed by atoms with Gasteiger partial charge in [0.15, 0.2) is 0 Å². The Morgan fingerprint density at radius 2 is 2.08 bits per heavy atom. The van der Waals surface area contributed by atoms with Gasteiger partial charge in [0.25, 0.3) is 5.91 Å². The van der Waals surface area contributed by atoms with Crippen molar-refractivity contribution in [2.75, 3.05) is 32.1 Å². The first-order valence-corrected chi connectivity index (χ1v) is 8.03. The molecule has 0 aliphatic carbocycles. The fraction of sp³-hybridized carbons (Fsp3) is 0.375. The number of hydrogen-bond donors (Lipinski definition) is 1. The number of amides is 1. The largest absolute Gasteiger partial charge is 0.362 e. The van der Waals surface area contributed by atoms with E-state index in [1.165, 1.54) is 6.20 Å². The zero-order valence-corrected chi connectivity index (χ0v) is 14.4. The van der Waals surface area contributed by atoms with Gasteiger partial charge >= 0.3 is 0 Å². The maximum atomic E-state index is 12.3. The molecule has 0 spiro atoms. The molecular formula is C16H19ClN6O. The summed E-state index contributed by atoms with van der Waals surface area (Å²) in [4.78, 5) is 28.8. The second kappa shape index (κ2) is 6.70. The summed E-state index contributed by atoms with van der Waals surface area (Å²) in [5.74, 6) is 0.548. The number of nitrogens with zero attached hydrogens (tertiary/aromatic N) is 5. The first-order valence-electron chi connectivity index (χ1n) is 7.66. The van der Waals surface area contributed by atoms with Crippen LogP contribution in [0.5, 0.6) is 0 Å². The number of hydrogen-bond acceptors (Lipinski definition) is 6. The third-order valence-corrected chi connectivity index (χ3v) is 4.20. The summed E-state index contributed by atoms with van der Waals surface area (Å²) in [6.07, 6.45) is 5.55. The lowest BCUT2D eigenvalue weighted by Gasteiger charge is -2.15. The van der Waals surface area contributed by atoms with Gasteiger partial charge in [-0.3, -0.25) is 9.78 Å². The van der Waals surface area contributed by atoms with E-state index < -0.39 is 0 Å². The number of halogens is 1. The highest BCUT2D eigenvalue weighted by Gasteiger charge is 2.25. The molecule has 1 amide bonds. The van der Waals surface area contributed by atoms with Crippen molar-refractivity contribution in [3.63, 3.8) is 0 Å². The first kappa shape index (κ1) is 16.6. The molecule has 0 saturated carbocycles. The molecule has 2 N–H and O–H groups in total. The molecule has 3 heterocycles. The topological polar surface area (TPSA) is 88.2 Å². The highest BCUT2D eigenvalue weighted by atomic mass is 35.5. The second-order valence-electron chi connectivity index (χ2n) is 6.01. The Hall–Kier alpha value is -2.25. The molecule has 2 aromatic rings.